The Morgan fingerprint density at radius 1 is 1.17 bits per heavy atom. The molecule has 1 aliphatic rings. The van der Waals surface area contributed by atoms with Crippen molar-refractivity contribution in [2.75, 3.05) is 0 Å². The summed E-state index contributed by atoms with van der Waals surface area (Å²) in [6.45, 7) is 5.87. The van der Waals surface area contributed by atoms with E-state index in [2.05, 4.69) is 0 Å². The van der Waals surface area contributed by atoms with Crippen molar-refractivity contribution in [1.29, 1.82) is 0 Å². The molecule has 0 saturated carbocycles. The number of hydrogen-bond acceptors (Lipinski definition) is 1. The van der Waals surface area contributed by atoms with Crippen LogP contribution in [0, 0.1) is 6.92 Å². The Hall–Kier alpha value is -1.31. The number of nitrogens with zero attached hydrogens (tertiary/aromatic N) is 1. The van der Waals surface area contributed by atoms with Gasteiger partial charge in [0, 0.05) is 17.0 Å². The van der Waals surface area contributed by atoms with Gasteiger partial charge in [-0.2, -0.15) is 0 Å². The highest BCUT2D eigenvalue weighted by molar-refractivity contribution is 6.14. The van der Waals surface area contributed by atoms with Gasteiger partial charge in [-0.3, -0.25) is 4.79 Å². The summed E-state index contributed by atoms with van der Waals surface area (Å²) in [5.74, 6) is 0.167. The Morgan fingerprint density at radius 2 is 1.83 bits per heavy atom. The first-order chi connectivity index (χ1) is 5.63. The smallest absolute Gasteiger partial charge is 0.207 e. The maximum absolute atomic E-state index is 11.5. The molecule has 2 rings (SSSR count). The second-order valence-electron chi connectivity index (χ2n) is 3.23. The van der Waals surface area contributed by atoms with E-state index in [1.807, 2.05) is 37.5 Å². The van der Waals surface area contributed by atoms with Gasteiger partial charge in [0.25, 0.3) is 0 Å². The number of hydrogen-bond donors (Lipinski definition) is 0. The van der Waals surface area contributed by atoms with Crippen molar-refractivity contribution in [3.05, 3.63) is 29.1 Å². The summed E-state index contributed by atoms with van der Waals surface area (Å²) < 4.78 is 2.01. The van der Waals surface area contributed by atoms with Crippen LogP contribution in [0.4, 0.5) is 0 Å². The first-order valence-corrected chi connectivity index (χ1v) is 4.04. The lowest BCUT2D eigenvalue weighted by molar-refractivity contribution is 0.103. The van der Waals surface area contributed by atoms with E-state index in [1.54, 1.807) is 0 Å². The zero-order valence-electron chi connectivity index (χ0n) is 7.51. The fourth-order valence-corrected chi connectivity index (χ4v) is 1.69. The lowest BCUT2D eigenvalue weighted by Crippen LogP contribution is -1.97. The maximum atomic E-state index is 11.5. The third kappa shape index (κ3) is 0.670. The van der Waals surface area contributed by atoms with Gasteiger partial charge in [-0.05, 0) is 32.9 Å². The van der Waals surface area contributed by atoms with E-state index in [4.69, 9.17) is 0 Å². The molecule has 2 heteroatoms. The Bertz CT molecular complexity index is 396. The number of allylic oxidation sites excluding steroid dienone is 2. The van der Waals surface area contributed by atoms with Crippen LogP contribution in [-0.2, 0) is 0 Å². The second kappa shape index (κ2) is 2.09. The number of fused-ring (bicyclic) bond motifs is 1. The van der Waals surface area contributed by atoms with Crippen molar-refractivity contribution in [1.82, 2.24) is 4.57 Å². The summed E-state index contributed by atoms with van der Waals surface area (Å²) in [5.41, 5.74) is 3.88. The average molecular weight is 161 g/mol. The van der Waals surface area contributed by atoms with Crippen molar-refractivity contribution in [2.45, 2.75) is 20.8 Å². The van der Waals surface area contributed by atoms with E-state index in [-0.39, 0.29) is 5.78 Å². The van der Waals surface area contributed by atoms with E-state index in [0.717, 1.165) is 22.7 Å². The van der Waals surface area contributed by atoms with Gasteiger partial charge < -0.3 is 4.57 Å². The highest BCUT2D eigenvalue weighted by Crippen LogP contribution is 2.27. The molecule has 1 aromatic heterocycles. The van der Waals surface area contributed by atoms with Crippen LogP contribution in [0.1, 0.15) is 30.0 Å². The number of ketones is 1. The van der Waals surface area contributed by atoms with Crippen molar-refractivity contribution in [3.63, 3.8) is 0 Å². The molecule has 0 radical (unpaired) electrons. The topological polar surface area (TPSA) is 22.0 Å². The SMILES string of the molecule is CC1=C(C)n2c(C)ccc2C1=O. The van der Waals surface area contributed by atoms with Gasteiger partial charge in [-0.1, -0.05) is 0 Å². The molecule has 1 aromatic rings. The molecule has 0 amide bonds. The fourth-order valence-electron chi connectivity index (χ4n) is 1.69. The predicted octanol–water partition coefficient (Wildman–Crippen LogP) is 2.24. The molecule has 62 valence electrons. The fraction of sp³-hybridized carbons (Fsp3) is 0.300. The van der Waals surface area contributed by atoms with Gasteiger partial charge in [0.2, 0.25) is 5.78 Å². The molecular weight excluding hydrogens is 150 g/mol. The molecule has 2 nitrogen and oxygen atoms in total. The molecule has 0 saturated heterocycles. The molecule has 0 atom stereocenters. The van der Waals surface area contributed by atoms with Crippen LogP contribution in [0.25, 0.3) is 5.70 Å². The highest BCUT2D eigenvalue weighted by Gasteiger charge is 2.24. The standard InChI is InChI=1S/C10H11NO/c1-6-4-5-9-10(12)7(2)8(3)11(6)9/h4-5H,1-3H3. The average Bonchev–Trinajstić information content (AvgIpc) is 2.51. The quantitative estimate of drug-likeness (QED) is 0.572. The van der Waals surface area contributed by atoms with Crippen molar-refractivity contribution in [2.24, 2.45) is 0 Å². The first-order valence-electron chi connectivity index (χ1n) is 4.04. The first kappa shape index (κ1) is 7.35. The van der Waals surface area contributed by atoms with Crippen molar-refractivity contribution in [3.8, 4) is 0 Å². The predicted molar refractivity (Wildman–Crippen MR) is 48.1 cm³/mol. The molecule has 0 aliphatic carbocycles. The maximum Gasteiger partial charge on any atom is 0.207 e. The molecular formula is C10H11NO. The number of Topliss-reactive ketones (excluding diaryl/α,β-unsaturated/α-hetero) is 1. The zero-order valence-corrected chi connectivity index (χ0v) is 7.51. The summed E-state index contributed by atoms with van der Waals surface area (Å²) in [6, 6.07) is 3.86. The summed E-state index contributed by atoms with van der Waals surface area (Å²) >= 11 is 0. The van der Waals surface area contributed by atoms with E-state index < -0.39 is 0 Å². The summed E-state index contributed by atoms with van der Waals surface area (Å²) in [4.78, 5) is 11.5. The van der Waals surface area contributed by atoms with Crippen LogP contribution in [0.5, 0.6) is 0 Å². The van der Waals surface area contributed by atoms with Crippen LogP contribution in [0.15, 0.2) is 17.7 Å². The molecule has 0 spiro atoms. The number of rotatable bonds is 0. The highest BCUT2D eigenvalue weighted by atomic mass is 16.1. The van der Waals surface area contributed by atoms with Crippen LogP contribution in [0.2, 0.25) is 0 Å². The van der Waals surface area contributed by atoms with Crippen molar-refractivity contribution >= 4 is 11.5 Å². The van der Waals surface area contributed by atoms with E-state index in [0.29, 0.717) is 0 Å². The Morgan fingerprint density at radius 3 is 2.42 bits per heavy atom. The van der Waals surface area contributed by atoms with Crippen LogP contribution >= 0.6 is 0 Å². The summed E-state index contributed by atoms with van der Waals surface area (Å²) in [7, 11) is 0. The van der Waals surface area contributed by atoms with E-state index in [9.17, 15) is 4.79 Å². The molecule has 0 fully saturated rings. The summed E-state index contributed by atoms with van der Waals surface area (Å²) in [5, 5.41) is 0. The number of carbonyl (C=O) groups is 1. The van der Waals surface area contributed by atoms with Gasteiger partial charge in [-0.25, -0.2) is 0 Å². The molecule has 12 heavy (non-hydrogen) atoms. The molecule has 0 N–H and O–H groups in total. The lowest BCUT2D eigenvalue weighted by Gasteiger charge is -2.02. The van der Waals surface area contributed by atoms with Crippen LogP contribution < -0.4 is 0 Å². The third-order valence-corrected chi connectivity index (χ3v) is 2.53. The second-order valence-corrected chi connectivity index (χ2v) is 3.23. The van der Waals surface area contributed by atoms with E-state index in [1.165, 1.54) is 0 Å². The van der Waals surface area contributed by atoms with E-state index >= 15 is 0 Å². The van der Waals surface area contributed by atoms with Crippen molar-refractivity contribution < 1.29 is 4.79 Å². The number of carbonyl (C=O) groups excluding carboxylic acids is 1. The zero-order chi connectivity index (χ0) is 8.88. The normalized spacial score (nSPS) is 15.8. The Kier molecular flexibility index (Phi) is 1.28. The molecule has 2 heterocycles. The lowest BCUT2D eigenvalue weighted by atomic mass is 10.1. The van der Waals surface area contributed by atoms with Gasteiger partial charge >= 0.3 is 0 Å². The van der Waals surface area contributed by atoms with Gasteiger partial charge in [0.15, 0.2) is 0 Å². The minimum atomic E-state index is 0.167. The van der Waals surface area contributed by atoms with Crippen LogP contribution in [0.3, 0.4) is 0 Å². The van der Waals surface area contributed by atoms with Gasteiger partial charge in [0.05, 0.1) is 5.69 Å². The third-order valence-electron chi connectivity index (χ3n) is 2.53. The minimum absolute atomic E-state index is 0.167. The minimum Gasteiger partial charge on any atom is -0.315 e. The molecule has 1 aliphatic heterocycles. The molecule has 0 unspecified atom stereocenters. The summed E-state index contributed by atoms with van der Waals surface area (Å²) in [6.07, 6.45) is 0. The Labute approximate surface area is 71.5 Å². The molecule has 0 aromatic carbocycles. The largest absolute Gasteiger partial charge is 0.315 e. The molecule has 0 bridgehead atoms. The monoisotopic (exact) mass is 161 g/mol. The number of aryl methyl sites for hydroxylation is 1. The Balaban J connectivity index is 2.77. The van der Waals surface area contributed by atoms with Gasteiger partial charge in [0.1, 0.15) is 0 Å². The van der Waals surface area contributed by atoms with Crippen LogP contribution in [-0.4, -0.2) is 10.4 Å². The van der Waals surface area contributed by atoms with Gasteiger partial charge in [-0.15, -0.1) is 0 Å². The number of aromatic nitrogens is 1.